The number of para-hydroxylation sites is 2. The van der Waals surface area contributed by atoms with Crippen molar-refractivity contribution in [1.29, 1.82) is 0 Å². The number of benzene rings is 3. The lowest BCUT2D eigenvalue weighted by molar-refractivity contribution is -0.141. The molecule has 0 aliphatic carbocycles. The molecule has 1 aromatic heterocycles. The SMILES string of the molecule is O=C(O)C[C@@H]1Nc2ccc(C(=O)NCc3nc4ccccc4[nH]3)cc2CN(CCCCNC(=O)c2ccccc2C(=O)O)C1=O. The smallest absolute Gasteiger partial charge is 0.336 e. The number of imidazole rings is 1. The minimum Gasteiger partial charge on any atom is -0.481 e. The number of hydrogen-bond donors (Lipinski definition) is 6. The third kappa shape index (κ3) is 7.44. The number of carboxylic acid groups (broad SMARTS) is 2. The van der Waals surface area contributed by atoms with Gasteiger partial charge in [0.1, 0.15) is 11.9 Å². The first kappa shape index (κ1) is 30.7. The summed E-state index contributed by atoms with van der Waals surface area (Å²) < 4.78 is 0. The Hall–Kier alpha value is -5.72. The highest BCUT2D eigenvalue weighted by atomic mass is 16.4. The van der Waals surface area contributed by atoms with Gasteiger partial charge >= 0.3 is 11.9 Å². The standard InChI is InChI=1S/C32H32N6O7/c39-28(40)16-26-31(43)38(14-6-5-13-33-30(42)21-7-1-2-8-22(21)32(44)45)18-20-15-19(11-12-23(20)35-26)29(41)34-17-27-36-24-9-3-4-10-25(24)37-27/h1-4,7-12,15,26,35H,5-6,13-14,16-18H2,(H,33,42)(H,34,41)(H,36,37)(H,39,40)(H,44,45)/t26-/m0/s1. The van der Waals surface area contributed by atoms with Crippen molar-refractivity contribution in [2.75, 3.05) is 18.4 Å². The second-order valence-corrected chi connectivity index (χ2v) is 10.6. The molecule has 3 amide bonds. The predicted molar refractivity (Wildman–Crippen MR) is 164 cm³/mol. The zero-order valence-corrected chi connectivity index (χ0v) is 24.2. The second kappa shape index (κ2) is 13.7. The molecule has 3 aromatic carbocycles. The van der Waals surface area contributed by atoms with E-state index in [2.05, 4.69) is 25.9 Å². The number of anilines is 1. The molecule has 6 N–H and O–H groups in total. The van der Waals surface area contributed by atoms with Crippen LogP contribution in [0.2, 0.25) is 0 Å². The number of fused-ring (bicyclic) bond motifs is 2. The molecule has 13 heteroatoms. The number of H-pyrrole nitrogens is 1. The number of amides is 3. The van der Waals surface area contributed by atoms with Crippen LogP contribution in [0.4, 0.5) is 5.69 Å². The summed E-state index contributed by atoms with van der Waals surface area (Å²) in [6.45, 7) is 0.866. The van der Waals surface area contributed by atoms with E-state index in [0.717, 1.165) is 11.0 Å². The zero-order chi connectivity index (χ0) is 31.9. The number of carboxylic acids is 2. The van der Waals surface area contributed by atoms with Gasteiger partial charge in [-0.05, 0) is 60.9 Å². The third-order valence-electron chi connectivity index (χ3n) is 7.44. The number of aliphatic carboxylic acids is 1. The van der Waals surface area contributed by atoms with E-state index < -0.39 is 30.3 Å². The molecule has 0 bridgehead atoms. The van der Waals surface area contributed by atoms with Crippen molar-refractivity contribution in [3.05, 3.63) is 94.8 Å². The van der Waals surface area contributed by atoms with Crippen LogP contribution >= 0.6 is 0 Å². The summed E-state index contributed by atoms with van der Waals surface area (Å²) in [4.78, 5) is 71.0. The van der Waals surface area contributed by atoms with Gasteiger partial charge in [-0.25, -0.2) is 9.78 Å². The van der Waals surface area contributed by atoms with Gasteiger partial charge in [-0.15, -0.1) is 0 Å². The van der Waals surface area contributed by atoms with Gasteiger partial charge in [0.2, 0.25) is 5.91 Å². The van der Waals surface area contributed by atoms with E-state index in [-0.39, 0.29) is 49.1 Å². The molecule has 0 radical (unpaired) electrons. The number of nitrogens with zero attached hydrogens (tertiary/aromatic N) is 2. The summed E-state index contributed by atoms with van der Waals surface area (Å²) in [5.41, 5.74) is 3.23. The highest BCUT2D eigenvalue weighted by Crippen LogP contribution is 2.26. The summed E-state index contributed by atoms with van der Waals surface area (Å²) in [6.07, 6.45) is 0.547. The fraction of sp³-hybridized carbons (Fsp3) is 0.250. The van der Waals surface area contributed by atoms with Crippen molar-refractivity contribution in [1.82, 2.24) is 25.5 Å². The number of carbonyl (C=O) groups excluding carboxylic acids is 3. The van der Waals surface area contributed by atoms with Gasteiger partial charge in [0.15, 0.2) is 0 Å². The van der Waals surface area contributed by atoms with Crippen LogP contribution in [0.25, 0.3) is 11.0 Å². The largest absolute Gasteiger partial charge is 0.481 e. The number of rotatable bonds is 12. The van der Waals surface area contributed by atoms with E-state index in [4.69, 9.17) is 0 Å². The number of carbonyl (C=O) groups is 5. The van der Waals surface area contributed by atoms with Crippen molar-refractivity contribution in [3.63, 3.8) is 0 Å². The van der Waals surface area contributed by atoms with Gasteiger partial charge in [-0.2, -0.15) is 0 Å². The number of aromatic amines is 1. The van der Waals surface area contributed by atoms with Crippen LogP contribution in [0.5, 0.6) is 0 Å². The molecule has 1 aliphatic rings. The highest BCUT2D eigenvalue weighted by molar-refractivity contribution is 6.04. The van der Waals surface area contributed by atoms with E-state index in [0.29, 0.717) is 35.5 Å². The Bertz CT molecular complexity index is 1730. The van der Waals surface area contributed by atoms with Crippen molar-refractivity contribution in [3.8, 4) is 0 Å². The fourth-order valence-corrected chi connectivity index (χ4v) is 5.21. The highest BCUT2D eigenvalue weighted by Gasteiger charge is 2.31. The number of hydrogen-bond acceptors (Lipinski definition) is 7. The molecule has 0 saturated heterocycles. The van der Waals surface area contributed by atoms with Crippen LogP contribution < -0.4 is 16.0 Å². The Labute approximate surface area is 257 Å². The Kier molecular flexibility index (Phi) is 9.37. The summed E-state index contributed by atoms with van der Waals surface area (Å²) in [5, 5.41) is 27.3. The molecular formula is C32H32N6O7. The number of aromatic nitrogens is 2. The maximum atomic E-state index is 13.3. The first-order chi connectivity index (χ1) is 21.7. The van der Waals surface area contributed by atoms with Gasteiger partial charge in [0, 0.05) is 30.9 Å². The molecule has 232 valence electrons. The monoisotopic (exact) mass is 612 g/mol. The van der Waals surface area contributed by atoms with E-state index in [1.807, 2.05) is 24.3 Å². The molecule has 1 aliphatic heterocycles. The molecule has 0 spiro atoms. The summed E-state index contributed by atoms with van der Waals surface area (Å²) >= 11 is 0. The molecule has 4 aromatic rings. The lowest BCUT2D eigenvalue weighted by atomic mass is 10.1. The molecule has 5 rings (SSSR count). The van der Waals surface area contributed by atoms with E-state index in [1.54, 1.807) is 35.2 Å². The normalized spacial score (nSPS) is 14.3. The van der Waals surface area contributed by atoms with E-state index in [9.17, 15) is 34.2 Å². The third-order valence-corrected chi connectivity index (χ3v) is 7.44. The summed E-state index contributed by atoms with van der Waals surface area (Å²) in [6, 6.07) is 17.4. The van der Waals surface area contributed by atoms with Crippen molar-refractivity contribution >= 4 is 46.4 Å². The molecular weight excluding hydrogens is 580 g/mol. The number of aromatic carboxylic acids is 1. The molecule has 2 heterocycles. The quantitative estimate of drug-likeness (QED) is 0.130. The van der Waals surface area contributed by atoms with Crippen LogP contribution in [0.1, 0.15) is 61.7 Å². The molecule has 13 nitrogen and oxygen atoms in total. The van der Waals surface area contributed by atoms with Crippen molar-refractivity contribution in [2.45, 2.75) is 38.4 Å². The average Bonchev–Trinajstić information content (AvgIpc) is 3.40. The lowest BCUT2D eigenvalue weighted by Gasteiger charge is -2.24. The van der Waals surface area contributed by atoms with Crippen LogP contribution in [-0.2, 0) is 22.7 Å². The number of nitrogens with one attached hydrogen (secondary N) is 4. The molecule has 0 saturated carbocycles. The van der Waals surface area contributed by atoms with Crippen LogP contribution in [0.3, 0.4) is 0 Å². The zero-order valence-electron chi connectivity index (χ0n) is 24.2. The van der Waals surface area contributed by atoms with Crippen molar-refractivity contribution in [2.24, 2.45) is 0 Å². The van der Waals surface area contributed by atoms with Gasteiger partial charge in [-0.1, -0.05) is 24.3 Å². The van der Waals surface area contributed by atoms with Gasteiger partial charge in [0.25, 0.3) is 11.8 Å². The molecule has 45 heavy (non-hydrogen) atoms. The first-order valence-corrected chi connectivity index (χ1v) is 14.4. The van der Waals surface area contributed by atoms with Crippen LogP contribution in [-0.4, -0.2) is 73.9 Å². The Morgan fingerprint density at radius 2 is 1.67 bits per heavy atom. The topological polar surface area (TPSA) is 194 Å². The van der Waals surface area contributed by atoms with Crippen LogP contribution in [0.15, 0.2) is 66.7 Å². The first-order valence-electron chi connectivity index (χ1n) is 14.4. The van der Waals surface area contributed by atoms with Crippen molar-refractivity contribution < 1.29 is 34.2 Å². The van der Waals surface area contributed by atoms with Gasteiger partial charge < -0.3 is 36.0 Å². The van der Waals surface area contributed by atoms with E-state index >= 15 is 0 Å². The summed E-state index contributed by atoms with van der Waals surface area (Å²) in [7, 11) is 0. The predicted octanol–water partition coefficient (Wildman–Crippen LogP) is 3.00. The Morgan fingerprint density at radius 3 is 2.42 bits per heavy atom. The maximum Gasteiger partial charge on any atom is 0.336 e. The van der Waals surface area contributed by atoms with Crippen LogP contribution in [0, 0.1) is 0 Å². The molecule has 0 unspecified atom stereocenters. The lowest BCUT2D eigenvalue weighted by Crippen LogP contribution is -2.42. The summed E-state index contributed by atoms with van der Waals surface area (Å²) in [5.74, 6) is -2.94. The minimum absolute atomic E-state index is 0.0596. The second-order valence-electron chi connectivity index (χ2n) is 10.6. The molecule has 1 atom stereocenters. The maximum absolute atomic E-state index is 13.3. The minimum atomic E-state index is -1.20. The molecule has 0 fully saturated rings. The van der Waals surface area contributed by atoms with E-state index in [1.165, 1.54) is 12.1 Å². The average molecular weight is 613 g/mol. The number of unbranched alkanes of at least 4 members (excludes halogenated alkanes) is 1. The Balaban J connectivity index is 1.22. The van der Waals surface area contributed by atoms with Gasteiger partial charge in [-0.3, -0.25) is 19.2 Å². The Morgan fingerprint density at radius 1 is 0.911 bits per heavy atom. The fourth-order valence-electron chi connectivity index (χ4n) is 5.21. The van der Waals surface area contributed by atoms with Gasteiger partial charge in [0.05, 0.1) is 35.1 Å².